The number of nitrogens with one attached hydrogen (secondary N) is 2. The number of nitrogens with zero attached hydrogens (tertiary/aromatic N) is 1. The maximum Gasteiger partial charge on any atom is 0.263 e. The molecule has 0 atom stereocenters. The molecule has 1 aromatic carbocycles. The van der Waals surface area contributed by atoms with Crippen LogP contribution in [0.1, 0.15) is 12.5 Å². The Morgan fingerprint density at radius 3 is 2.76 bits per heavy atom. The Morgan fingerprint density at radius 1 is 1.24 bits per heavy atom. The zero-order valence-corrected chi connectivity index (χ0v) is 13.9. The van der Waals surface area contributed by atoms with E-state index in [-0.39, 0.29) is 10.7 Å². The molecule has 2 N–H and O–H groups in total. The second-order valence-corrected chi connectivity index (χ2v) is 6.90. The number of benzene rings is 1. The Balaban J connectivity index is 2.25. The van der Waals surface area contributed by atoms with Gasteiger partial charge in [-0.3, -0.25) is 4.72 Å². The lowest BCUT2D eigenvalue weighted by Gasteiger charge is -2.10. The van der Waals surface area contributed by atoms with Gasteiger partial charge in [0, 0.05) is 12.7 Å². The van der Waals surface area contributed by atoms with Crippen molar-refractivity contribution in [2.24, 2.45) is 0 Å². The summed E-state index contributed by atoms with van der Waals surface area (Å²) < 4.78 is 27.8. The van der Waals surface area contributed by atoms with E-state index in [1.165, 1.54) is 6.20 Å². The number of halogens is 1. The summed E-state index contributed by atoms with van der Waals surface area (Å²) in [5.41, 5.74) is 0.916. The van der Waals surface area contributed by atoms with Gasteiger partial charge in [0.05, 0.1) is 9.37 Å². The van der Waals surface area contributed by atoms with Gasteiger partial charge >= 0.3 is 0 Å². The largest absolute Gasteiger partial charge is 0.313 e. The molecule has 0 spiro atoms. The van der Waals surface area contributed by atoms with Crippen LogP contribution in [0.4, 0.5) is 5.82 Å². The highest BCUT2D eigenvalue weighted by molar-refractivity contribution is 9.10. The van der Waals surface area contributed by atoms with Gasteiger partial charge in [-0.25, -0.2) is 13.4 Å². The van der Waals surface area contributed by atoms with Crippen LogP contribution >= 0.6 is 15.9 Å². The van der Waals surface area contributed by atoms with Crippen LogP contribution in [-0.4, -0.2) is 19.9 Å². The Hall–Kier alpha value is -1.44. The van der Waals surface area contributed by atoms with Crippen molar-refractivity contribution < 1.29 is 8.42 Å². The van der Waals surface area contributed by atoms with Crippen LogP contribution < -0.4 is 10.0 Å². The van der Waals surface area contributed by atoms with Crippen LogP contribution in [0, 0.1) is 0 Å². The molecule has 0 aliphatic heterocycles. The summed E-state index contributed by atoms with van der Waals surface area (Å²) >= 11 is 3.27. The molecule has 0 fully saturated rings. The lowest BCUT2D eigenvalue weighted by Crippen LogP contribution is -2.16. The molecule has 7 heteroatoms. The van der Waals surface area contributed by atoms with Crippen molar-refractivity contribution >= 4 is 31.8 Å². The van der Waals surface area contributed by atoms with Crippen LogP contribution in [-0.2, 0) is 16.6 Å². The lowest BCUT2D eigenvalue weighted by atomic mass is 10.2. The zero-order chi connectivity index (χ0) is 15.3. The average Bonchev–Trinajstić information content (AvgIpc) is 2.48. The molecular weight excluding hydrogens is 354 g/mol. The number of hydrogen-bond acceptors (Lipinski definition) is 4. The molecule has 0 bridgehead atoms. The quantitative estimate of drug-likeness (QED) is 0.820. The first kappa shape index (κ1) is 15.9. The summed E-state index contributed by atoms with van der Waals surface area (Å²) in [6, 6.07) is 10.3. The summed E-state index contributed by atoms with van der Waals surface area (Å²) in [4.78, 5) is 4.23. The summed E-state index contributed by atoms with van der Waals surface area (Å²) in [7, 11) is -3.65. The monoisotopic (exact) mass is 369 g/mol. The molecule has 112 valence electrons. The second-order valence-electron chi connectivity index (χ2n) is 4.37. The molecule has 5 nitrogen and oxygen atoms in total. The van der Waals surface area contributed by atoms with Crippen LogP contribution in [0.25, 0.3) is 0 Å². The van der Waals surface area contributed by atoms with Crippen LogP contribution in [0.2, 0.25) is 0 Å². The van der Waals surface area contributed by atoms with E-state index in [0.717, 1.165) is 12.1 Å². The molecule has 1 heterocycles. The first-order valence-electron chi connectivity index (χ1n) is 6.46. The van der Waals surface area contributed by atoms with Crippen LogP contribution in [0.5, 0.6) is 0 Å². The van der Waals surface area contributed by atoms with E-state index in [1.54, 1.807) is 30.3 Å². The van der Waals surface area contributed by atoms with E-state index in [1.807, 2.05) is 13.0 Å². The fourth-order valence-electron chi connectivity index (χ4n) is 1.74. The highest BCUT2D eigenvalue weighted by Crippen LogP contribution is 2.22. The van der Waals surface area contributed by atoms with E-state index in [2.05, 4.69) is 31.0 Å². The van der Waals surface area contributed by atoms with Gasteiger partial charge in [0.25, 0.3) is 10.0 Å². The molecule has 2 aromatic rings. The molecule has 0 aliphatic rings. The van der Waals surface area contributed by atoms with E-state index < -0.39 is 10.0 Å². The fourth-order valence-corrected chi connectivity index (χ4v) is 3.32. The van der Waals surface area contributed by atoms with Crippen molar-refractivity contribution in [2.45, 2.75) is 18.4 Å². The number of rotatable bonds is 6. The van der Waals surface area contributed by atoms with Gasteiger partial charge in [0.1, 0.15) is 0 Å². The summed E-state index contributed by atoms with van der Waals surface area (Å²) in [5, 5.41) is 3.17. The van der Waals surface area contributed by atoms with E-state index >= 15 is 0 Å². The fraction of sp³-hybridized carbons (Fsp3) is 0.214. The third-order valence-corrected chi connectivity index (χ3v) is 4.75. The SMILES string of the molecule is CCNCc1cccc(S(=O)(=O)Nc2ncccc2Br)c1. The molecule has 0 saturated carbocycles. The molecular formula is C14H16BrN3O2S. The van der Waals surface area contributed by atoms with Gasteiger partial charge in [0.15, 0.2) is 5.82 Å². The molecule has 0 unspecified atom stereocenters. The van der Waals surface area contributed by atoms with Crippen LogP contribution in [0.3, 0.4) is 0 Å². The van der Waals surface area contributed by atoms with Gasteiger partial charge in [-0.15, -0.1) is 0 Å². The molecule has 2 rings (SSSR count). The molecule has 0 amide bonds. The highest BCUT2D eigenvalue weighted by Gasteiger charge is 2.16. The smallest absolute Gasteiger partial charge is 0.263 e. The van der Waals surface area contributed by atoms with Crippen molar-refractivity contribution in [3.8, 4) is 0 Å². The molecule has 21 heavy (non-hydrogen) atoms. The van der Waals surface area contributed by atoms with Crippen molar-refractivity contribution in [3.63, 3.8) is 0 Å². The van der Waals surface area contributed by atoms with Gasteiger partial charge in [-0.1, -0.05) is 19.1 Å². The average molecular weight is 370 g/mol. The van der Waals surface area contributed by atoms with Crippen LogP contribution in [0.15, 0.2) is 52.0 Å². The number of aromatic nitrogens is 1. The molecule has 0 radical (unpaired) electrons. The van der Waals surface area contributed by atoms with E-state index in [0.29, 0.717) is 11.0 Å². The van der Waals surface area contributed by atoms with E-state index in [4.69, 9.17) is 0 Å². The Bertz CT molecular complexity index is 720. The maximum absolute atomic E-state index is 12.4. The first-order chi connectivity index (χ1) is 10.0. The van der Waals surface area contributed by atoms with Crippen molar-refractivity contribution in [3.05, 3.63) is 52.6 Å². The third kappa shape index (κ3) is 4.26. The predicted octanol–water partition coefficient (Wildman–Crippen LogP) is 2.75. The number of pyridine rings is 1. The Morgan fingerprint density at radius 2 is 2.05 bits per heavy atom. The van der Waals surface area contributed by atoms with Crippen molar-refractivity contribution in [1.29, 1.82) is 0 Å². The standard InChI is InChI=1S/C14H16BrN3O2S/c1-2-16-10-11-5-3-6-12(9-11)21(19,20)18-14-13(15)7-4-8-17-14/h3-9,16H,2,10H2,1H3,(H,17,18). The summed E-state index contributed by atoms with van der Waals surface area (Å²) in [5.74, 6) is 0.273. The topological polar surface area (TPSA) is 71.1 Å². The van der Waals surface area contributed by atoms with E-state index in [9.17, 15) is 8.42 Å². The van der Waals surface area contributed by atoms with Gasteiger partial charge in [-0.05, 0) is 52.3 Å². The highest BCUT2D eigenvalue weighted by atomic mass is 79.9. The van der Waals surface area contributed by atoms with Gasteiger partial charge in [0.2, 0.25) is 0 Å². The first-order valence-corrected chi connectivity index (χ1v) is 8.73. The normalized spacial score (nSPS) is 11.3. The number of sulfonamides is 1. The van der Waals surface area contributed by atoms with Crippen molar-refractivity contribution in [2.75, 3.05) is 11.3 Å². The molecule has 0 aliphatic carbocycles. The second kappa shape index (κ2) is 7.02. The minimum Gasteiger partial charge on any atom is -0.313 e. The van der Waals surface area contributed by atoms with Gasteiger partial charge < -0.3 is 5.32 Å². The predicted molar refractivity (Wildman–Crippen MR) is 86.6 cm³/mol. The Kier molecular flexibility index (Phi) is 5.33. The molecule has 1 aromatic heterocycles. The summed E-state index contributed by atoms with van der Waals surface area (Å²) in [6.07, 6.45) is 1.53. The minimum atomic E-state index is -3.65. The third-order valence-electron chi connectivity index (χ3n) is 2.78. The lowest BCUT2D eigenvalue weighted by molar-refractivity contribution is 0.600. The number of anilines is 1. The van der Waals surface area contributed by atoms with Gasteiger partial charge in [-0.2, -0.15) is 0 Å². The van der Waals surface area contributed by atoms with Crippen molar-refractivity contribution in [1.82, 2.24) is 10.3 Å². The Labute approximate surface area is 133 Å². The molecule has 0 saturated heterocycles. The maximum atomic E-state index is 12.4. The summed E-state index contributed by atoms with van der Waals surface area (Å²) in [6.45, 7) is 3.46. The zero-order valence-electron chi connectivity index (χ0n) is 11.5. The number of hydrogen-bond donors (Lipinski definition) is 2. The minimum absolute atomic E-state index is 0.218.